The molecular weight excluding hydrogens is 320 g/mol. The molecule has 124 valence electrons. The third-order valence-electron chi connectivity index (χ3n) is 3.55. The van der Waals surface area contributed by atoms with Crippen LogP contribution in [0, 0.1) is 11.3 Å². The summed E-state index contributed by atoms with van der Waals surface area (Å²) in [6.07, 6.45) is 0. The lowest BCUT2D eigenvalue weighted by atomic mass is 10.2. The van der Waals surface area contributed by atoms with Gasteiger partial charge in [-0.2, -0.15) is 5.26 Å². The molecule has 6 nitrogen and oxygen atoms in total. The smallest absolute Gasteiger partial charge is 0.374 e. The Morgan fingerprint density at radius 3 is 2.52 bits per heavy atom. The average molecular weight is 334 g/mol. The Labute approximate surface area is 143 Å². The lowest BCUT2D eigenvalue weighted by molar-refractivity contribution is -0.121. The topological polar surface area (TPSA) is 83.5 Å². The van der Waals surface area contributed by atoms with Gasteiger partial charge in [0, 0.05) is 11.1 Å². The third kappa shape index (κ3) is 3.67. The second-order valence-corrected chi connectivity index (χ2v) is 5.20. The zero-order valence-electron chi connectivity index (χ0n) is 13.2. The molecule has 25 heavy (non-hydrogen) atoms. The number of esters is 1. The first-order chi connectivity index (χ1) is 12.2. The van der Waals surface area contributed by atoms with Crippen LogP contribution < -0.4 is 4.90 Å². The maximum Gasteiger partial charge on any atom is 0.374 e. The molecule has 0 saturated heterocycles. The number of nitriles is 1. The Morgan fingerprint density at radius 1 is 1.08 bits per heavy atom. The Kier molecular flexibility index (Phi) is 4.77. The standard InChI is InChI=1S/C19H14N2O4/c20-10-11-21(15-7-2-1-3-8-15)18(22)13-24-19(23)17-12-14-6-4-5-9-16(14)25-17/h1-9,12H,11,13H2. The van der Waals surface area contributed by atoms with Crippen LogP contribution in [-0.4, -0.2) is 25.0 Å². The molecule has 1 aromatic heterocycles. The maximum absolute atomic E-state index is 12.3. The number of carbonyl (C=O) groups is 2. The number of amides is 1. The number of hydrogen-bond acceptors (Lipinski definition) is 5. The van der Waals surface area contributed by atoms with Crippen LogP contribution in [-0.2, 0) is 9.53 Å². The highest BCUT2D eigenvalue weighted by molar-refractivity contribution is 5.97. The van der Waals surface area contributed by atoms with Crippen LogP contribution >= 0.6 is 0 Å². The van der Waals surface area contributed by atoms with Crippen molar-refractivity contribution in [2.24, 2.45) is 0 Å². The molecule has 3 aromatic rings. The second-order valence-electron chi connectivity index (χ2n) is 5.20. The summed E-state index contributed by atoms with van der Waals surface area (Å²) in [4.78, 5) is 25.6. The van der Waals surface area contributed by atoms with Crippen LogP contribution in [0.25, 0.3) is 11.0 Å². The SMILES string of the molecule is N#CCN(C(=O)COC(=O)c1cc2ccccc2o1)c1ccccc1. The molecule has 6 heteroatoms. The van der Waals surface area contributed by atoms with E-state index in [1.807, 2.05) is 18.2 Å². The molecule has 3 rings (SSSR count). The van der Waals surface area contributed by atoms with Gasteiger partial charge in [-0.15, -0.1) is 0 Å². The molecule has 0 N–H and O–H groups in total. The van der Waals surface area contributed by atoms with Gasteiger partial charge in [-0.25, -0.2) is 4.79 Å². The largest absolute Gasteiger partial charge is 0.450 e. The Bertz CT molecular complexity index is 908. The predicted molar refractivity (Wildman–Crippen MR) is 90.9 cm³/mol. The highest BCUT2D eigenvalue weighted by Crippen LogP contribution is 2.19. The summed E-state index contributed by atoms with van der Waals surface area (Å²) in [6, 6.07) is 19.4. The van der Waals surface area contributed by atoms with Crippen LogP contribution in [0.3, 0.4) is 0 Å². The van der Waals surface area contributed by atoms with Crippen LogP contribution in [0.1, 0.15) is 10.6 Å². The molecule has 0 saturated carbocycles. The van der Waals surface area contributed by atoms with Crippen molar-refractivity contribution in [1.29, 1.82) is 5.26 Å². The summed E-state index contributed by atoms with van der Waals surface area (Å²) < 4.78 is 10.4. The van der Waals surface area contributed by atoms with Crippen LogP contribution in [0.2, 0.25) is 0 Å². The van der Waals surface area contributed by atoms with Crippen LogP contribution in [0.4, 0.5) is 5.69 Å². The van der Waals surface area contributed by atoms with Gasteiger partial charge in [0.05, 0.1) is 6.07 Å². The van der Waals surface area contributed by atoms with Crippen LogP contribution in [0.5, 0.6) is 0 Å². The zero-order chi connectivity index (χ0) is 17.6. The summed E-state index contributed by atoms with van der Waals surface area (Å²) in [5.41, 5.74) is 1.13. The van der Waals surface area contributed by atoms with Crippen molar-refractivity contribution in [1.82, 2.24) is 0 Å². The van der Waals surface area contributed by atoms with Crippen molar-refractivity contribution in [2.45, 2.75) is 0 Å². The molecule has 0 atom stereocenters. The van der Waals surface area contributed by atoms with Crippen molar-refractivity contribution in [2.75, 3.05) is 18.1 Å². The van der Waals surface area contributed by atoms with E-state index in [-0.39, 0.29) is 12.3 Å². The first-order valence-electron chi connectivity index (χ1n) is 7.57. The number of rotatable bonds is 5. The molecule has 0 radical (unpaired) electrons. The fourth-order valence-corrected chi connectivity index (χ4v) is 2.36. The number of hydrogen-bond donors (Lipinski definition) is 0. The van der Waals surface area contributed by atoms with Crippen LogP contribution in [0.15, 0.2) is 65.1 Å². The molecule has 0 spiro atoms. The molecule has 0 unspecified atom stereocenters. The van der Waals surface area contributed by atoms with Crippen molar-refractivity contribution in [3.8, 4) is 6.07 Å². The number of para-hydroxylation sites is 2. The van der Waals surface area contributed by atoms with E-state index in [4.69, 9.17) is 14.4 Å². The molecule has 0 aliphatic carbocycles. The van der Waals surface area contributed by atoms with E-state index in [2.05, 4.69) is 0 Å². The van der Waals surface area contributed by atoms with E-state index in [0.717, 1.165) is 5.39 Å². The van der Waals surface area contributed by atoms with Gasteiger partial charge in [-0.05, 0) is 24.3 Å². The minimum Gasteiger partial charge on any atom is -0.450 e. The summed E-state index contributed by atoms with van der Waals surface area (Å²) in [7, 11) is 0. The minimum atomic E-state index is -0.727. The number of benzene rings is 2. The fraction of sp³-hybridized carbons (Fsp3) is 0.105. The van der Waals surface area contributed by atoms with Gasteiger partial charge in [0.1, 0.15) is 12.1 Å². The maximum atomic E-state index is 12.3. The van der Waals surface area contributed by atoms with E-state index in [9.17, 15) is 9.59 Å². The highest BCUT2D eigenvalue weighted by Gasteiger charge is 2.19. The number of fused-ring (bicyclic) bond motifs is 1. The van der Waals surface area contributed by atoms with E-state index in [0.29, 0.717) is 11.3 Å². The Hall–Kier alpha value is -3.59. The van der Waals surface area contributed by atoms with Gasteiger partial charge in [0.25, 0.3) is 5.91 Å². The van der Waals surface area contributed by atoms with Gasteiger partial charge in [0.2, 0.25) is 5.76 Å². The van der Waals surface area contributed by atoms with Crippen molar-refractivity contribution < 1.29 is 18.7 Å². The first-order valence-corrected chi connectivity index (χ1v) is 7.57. The lowest BCUT2D eigenvalue weighted by Gasteiger charge is -2.19. The zero-order valence-corrected chi connectivity index (χ0v) is 13.2. The van der Waals surface area contributed by atoms with Crippen molar-refractivity contribution in [3.63, 3.8) is 0 Å². The van der Waals surface area contributed by atoms with Gasteiger partial charge >= 0.3 is 5.97 Å². The van der Waals surface area contributed by atoms with E-state index >= 15 is 0 Å². The number of nitrogens with zero attached hydrogens (tertiary/aromatic N) is 2. The summed E-state index contributed by atoms with van der Waals surface area (Å²) >= 11 is 0. The van der Waals surface area contributed by atoms with Gasteiger partial charge in [0.15, 0.2) is 6.61 Å². The van der Waals surface area contributed by atoms with Gasteiger partial charge in [-0.3, -0.25) is 9.69 Å². The van der Waals surface area contributed by atoms with E-state index in [1.54, 1.807) is 48.5 Å². The highest BCUT2D eigenvalue weighted by atomic mass is 16.5. The Morgan fingerprint density at radius 2 is 1.80 bits per heavy atom. The van der Waals surface area contributed by atoms with Crippen molar-refractivity contribution in [3.05, 3.63) is 66.4 Å². The molecule has 0 aliphatic heterocycles. The molecule has 0 fully saturated rings. The monoisotopic (exact) mass is 334 g/mol. The quantitative estimate of drug-likeness (QED) is 0.529. The molecule has 1 heterocycles. The summed E-state index contributed by atoms with van der Waals surface area (Å²) in [5.74, 6) is -1.19. The van der Waals surface area contributed by atoms with E-state index < -0.39 is 18.5 Å². The predicted octanol–water partition coefficient (Wildman–Crippen LogP) is 3.15. The number of carbonyl (C=O) groups excluding carboxylic acids is 2. The summed E-state index contributed by atoms with van der Waals surface area (Å²) in [6.45, 7) is -0.614. The Balaban J connectivity index is 1.68. The molecular formula is C19H14N2O4. The van der Waals surface area contributed by atoms with Gasteiger partial charge < -0.3 is 9.15 Å². The third-order valence-corrected chi connectivity index (χ3v) is 3.55. The minimum absolute atomic E-state index is 0.0283. The normalized spacial score (nSPS) is 10.2. The first kappa shape index (κ1) is 16.3. The number of ether oxygens (including phenoxy) is 1. The van der Waals surface area contributed by atoms with E-state index in [1.165, 1.54) is 4.90 Å². The average Bonchev–Trinajstić information content (AvgIpc) is 3.09. The molecule has 2 aromatic carbocycles. The van der Waals surface area contributed by atoms with Crippen molar-refractivity contribution >= 4 is 28.5 Å². The number of furan rings is 1. The molecule has 0 bridgehead atoms. The second kappa shape index (κ2) is 7.32. The number of anilines is 1. The lowest BCUT2D eigenvalue weighted by Crippen LogP contribution is -2.35. The van der Waals surface area contributed by atoms with Gasteiger partial charge in [-0.1, -0.05) is 36.4 Å². The fourth-order valence-electron chi connectivity index (χ4n) is 2.36. The molecule has 1 amide bonds. The summed E-state index contributed by atoms with van der Waals surface area (Å²) in [5, 5.41) is 9.69. The molecule has 0 aliphatic rings.